The fourth-order valence-electron chi connectivity index (χ4n) is 3.03. The number of nitrogens with zero attached hydrogens (tertiary/aromatic N) is 1. The Morgan fingerprint density at radius 2 is 1.48 bits per heavy atom. The Bertz CT molecular complexity index is 1030. The van der Waals surface area contributed by atoms with Gasteiger partial charge in [-0.2, -0.15) is 18.4 Å². The van der Waals surface area contributed by atoms with Gasteiger partial charge in [-0.25, -0.2) is 4.39 Å². The summed E-state index contributed by atoms with van der Waals surface area (Å²) in [5.74, 6) is -2.16. The predicted molar refractivity (Wildman–Crippen MR) is 105 cm³/mol. The van der Waals surface area contributed by atoms with E-state index in [-0.39, 0.29) is 17.5 Å². The Hall–Kier alpha value is -3.39. The highest BCUT2D eigenvalue weighted by Crippen LogP contribution is 2.37. The van der Waals surface area contributed by atoms with E-state index in [4.69, 9.17) is 5.26 Å². The highest BCUT2D eigenvalue weighted by atomic mass is 19.4. The van der Waals surface area contributed by atoms with Gasteiger partial charge in [-0.15, -0.1) is 0 Å². The molecule has 0 N–H and O–H groups in total. The van der Waals surface area contributed by atoms with E-state index in [2.05, 4.69) is 0 Å². The van der Waals surface area contributed by atoms with Crippen LogP contribution in [0.4, 0.5) is 17.6 Å². The summed E-state index contributed by atoms with van der Waals surface area (Å²) in [6, 6.07) is 20.7. The summed E-state index contributed by atoms with van der Waals surface area (Å²) >= 11 is 0. The lowest BCUT2D eigenvalue weighted by Crippen LogP contribution is -2.22. The molecule has 0 saturated heterocycles. The van der Waals surface area contributed by atoms with Crippen molar-refractivity contribution in [1.29, 1.82) is 5.26 Å². The first-order valence-corrected chi connectivity index (χ1v) is 8.95. The van der Waals surface area contributed by atoms with Crippen LogP contribution >= 0.6 is 0 Å². The second-order valence-electron chi connectivity index (χ2n) is 6.64. The second kappa shape index (κ2) is 8.74. The van der Waals surface area contributed by atoms with Gasteiger partial charge in [0.15, 0.2) is 0 Å². The van der Waals surface area contributed by atoms with E-state index in [0.717, 1.165) is 5.56 Å². The Labute approximate surface area is 166 Å². The zero-order valence-corrected chi connectivity index (χ0v) is 15.3. The van der Waals surface area contributed by atoms with E-state index in [1.54, 1.807) is 66.8 Å². The molecule has 0 amide bonds. The van der Waals surface area contributed by atoms with Crippen molar-refractivity contribution in [3.63, 3.8) is 0 Å². The molecule has 1 atom stereocenters. The molecule has 0 heterocycles. The van der Waals surface area contributed by atoms with Gasteiger partial charge in [-0.05, 0) is 40.8 Å². The van der Waals surface area contributed by atoms with Gasteiger partial charge >= 0.3 is 6.18 Å². The van der Waals surface area contributed by atoms with Gasteiger partial charge < -0.3 is 0 Å². The first-order chi connectivity index (χ1) is 13.9. The van der Waals surface area contributed by atoms with Gasteiger partial charge in [0.2, 0.25) is 0 Å². The lowest BCUT2D eigenvalue weighted by atomic mass is 9.91. The van der Waals surface area contributed by atoms with Crippen molar-refractivity contribution >= 4 is 12.2 Å². The number of nitriles is 1. The number of halogens is 4. The monoisotopic (exact) mass is 395 g/mol. The summed E-state index contributed by atoms with van der Waals surface area (Å²) in [7, 11) is 0. The van der Waals surface area contributed by atoms with Crippen LogP contribution in [0.2, 0.25) is 0 Å². The molecule has 0 spiro atoms. The summed E-state index contributed by atoms with van der Waals surface area (Å²) in [5, 5.41) is 8.75. The molecule has 0 aliphatic rings. The highest BCUT2D eigenvalue weighted by Gasteiger charge is 2.40. The summed E-state index contributed by atoms with van der Waals surface area (Å²) < 4.78 is 54.2. The maximum atomic E-state index is 13.6. The first kappa shape index (κ1) is 20.3. The number of alkyl halides is 3. The lowest BCUT2D eigenvalue weighted by Gasteiger charge is -2.21. The molecule has 0 radical (unpaired) electrons. The van der Waals surface area contributed by atoms with Crippen molar-refractivity contribution in [3.05, 3.63) is 106 Å². The van der Waals surface area contributed by atoms with E-state index in [9.17, 15) is 17.6 Å². The Morgan fingerprint density at radius 3 is 2.07 bits per heavy atom. The number of benzene rings is 3. The van der Waals surface area contributed by atoms with Crippen LogP contribution in [0.3, 0.4) is 0 Å². The molecule has 0 aromatic heterocycles. The van der Waals surface area contributed by atoms with Crippen molar-refractivity contribution in [2.75, 3.05) is 0 Å². The van der Waals surface area contributed by atoms with Crippen LogP contribution in [0.25, 0.3) is 12.2 Å². The molecule has 0 saturated carbocycles. The molecule has 5 heteroatoms. The second-order valence-corrected chi connectivity index (χ2v) is 6.64. The van der Waals surface area contributed by atoms with Crippen LogP contribution in [0.5, 0.6) is 0 Å². The standard InChI is InChI=1S/C24H17F4N/c25-23-15-19(12-13-21(23)16-29)11-8-17-6-9-18(10-7-17)14-22(24(26,27)28)20-4-2-1-3-5-20/h1-13,15,22H,14H2/b11-8+. The number of hydrogen-bond donors (Lipinski definition) is 0. The van der Waals surface area contributed by atoms with E-state index < -0.39 is 17.9 Å². The fraction of sp³-hybridized carbons (Fsp3) is 0.125. The SMILES string of the molecule is N#Cc1ccc(/C=C/c2ccc(CC(c3ccccc3)C(F)(F)F)cc2)cc1F. The molecule has 3 aromatic rings. The van der Waals surface area contributed by atoms with E-state index in [0.29, 0.717) is 11.1 Å². The summed E-state index contributed by atoms with van der Waals surface area (Å²) in [4.78, 5) is 0. The molecule has 0 aliphatic heterocycles. The van der Waals surface area contributed by atoms with Crippen LogP contribution in [-0.2, 0) is 6.42 Å². The minimum absolute atomic E-state index is 0.0239. The third-order valence-corrected chi connectivity index (χ3v) is 4.60. The molecule has 1 nitrogen and oxygen atoms in total. The Kier molecular flexibility index (Phi) is 6.13. The van der Waals surface area contributed by atoms with Gasteiger partial charge in [0.1, 0.15) is 11.9 Å². The van der Waals surface area contributed by atoms with E-state index in [1.807, 2.05) is 0 Å². The van der Waals surface area contributed by atoms with Crippen LogP contribution in [0, 0.1) is 17.1 Å². The van der Waals surface area contributed by atoms with Crippen molar-refractivity contribution in [1.82, 2.24) is 0 Å². The van der Waals surface area contributed by atoms with Gasteiger partial charge in [-0.1, -0.05) is 72.8 Å². The quantitative estimate of drug-likeness (QED) is 0.346. The Morgan fingerprint density at radius 1 is 0.862 bits per heavy atom. The molecule has 146 valence electrons. The number of rotatable bonds is 5. The fourth-order valence-corrected chi connectivity index (χ4v) is 3.03. The third kappa shape index (κ3) is 5.32. The van der Waals surface area contributed by atoms with Crippen molar-refractivity contribution < 1.29 is 17.6 Å². The van der Waals surface area contributed by atoms with Gasteiger partial charge in [0.05, 0.1) is 11.5 Å². The molecule has 3 aromatic carbocycles. The normalized spacial score (nSPS) is 12.7. The minimum Gasteiger partial charge on any atom is -0.206 e. The van der Waals surface area contributed by atoms with Crippen molar-refractivity contribution in [2.24, 2.45) is 0 Å². The number of hydrogen-bond acceptors (Lipinski definition) is 1. The van der Waals surface area contributed by atoms with Crippen molar-refractivity contribution in [2.45, 2.75) is 18.5 Å². The summed E-state index contributed by atoms with van der Waals surface area (Å²) in [6.45, 7) is 0. The third-order valence-electron chi connectivity index (χ3n) is 4.60. The molecular formula is C24H17F4N. The summed E-state index contributed by atoms with van der Waals surface area (Å²) in [5.41, 5.74) is 2.17. The first-order valence-electron chi connectivity index (χ1n) is 8.95. The zero-order valence-electron chi connectivity index (χ0n) is 15.3. The van der Waals surface area contributed by atoms with Crippen molar-refractivity contribution in [3.8, 4) is 6.07 Å². The zero-order chi connectivity index (χ0) is 20.9. The topological polar surface area (TPSA) is 23.8 Å². The van der Waals surface area contributed by atoms with Crippen LogP contribution in [-0.4, -0.2) is 6.18 Å². The molecule has 0 bridgehead atoms. The van der Waals surface area contributed by atoms with Crippen LogP contribution in [0.1, 0.15) is 33.7 Å². The maximum absolute atomic E-state index is 13.6. The maximum Gasteiger partial charge on any atom is 0.396 e. The molecule has 3 rings (SSSR count). The predicted octanol–water partition coefficient (Wildman–Crippen LogP) is 6.76. The average Bonchev–Trinajstić information content (AvgIpc) is 2.71. The average molecular weight is 395 g/mol. The van der Waals surface area contributed by atoms with Gasteiger partial charge in [0.25, 0.3) is 0 Å². The molecule has 29 heavy (non-hydrogen) atoms. The van der Waals surface area contributed by atoms with Crippen LogP contribution < -0.4 is 0 Å². The van der Waals surface area contributed by atoms with Gasteiger partial charge in [-0.3, -0.25) is 0 Å². The van der Waals surface area contributed by atoms with E-state index in [1.165, 1.54) is 24.3 Å². The van der Waals surface area contributed by atoms with Crippen LogP contribution in [0.15, 0.2) is 72.8 Å². The highest BCUT2D eigenvalue weighted by molar-refractivity contribution is 5.70. The summed E-state index contributed by atoms with van der Waals surface area (Å²) in [6.07, 6.45) is -1.05. The molecule has 0 aliphatic carbocycles. The van der Waals surface area contributed by atoms with E-state index >= 15 is 0 Å². The van der Waals surface area contributed by atoms with Gasteiger partial charge in [0, 0.05) is 0 Å². The minimum atomic E-state index is -4.33. The Balaban J connectivity index is 1.74. The molecule has 1 unspecified atom stereocenters. The largest absolute Gasteiger partial charge is 0.396 e. The molecular weight excluding hydrogens is 378 g/mol. The lowest BCUT2D eigenvalue weighted by molar-refractivity contribution is -0.150. The molecule has 0 fully saturated rings. The smallest absolute Gasteiger partial charge is 0.206 e.